The van der Waals surface area contributed by atoms with Gasteiger partial charge < -0.3 is 9.84 Å². The summed E-state index contributed by atoms with van der Waals surface area (Å²) < 4.78 is 5.01. The minimum Gasteiger partial charge on any atom is -0.425 e. The molecular formula is C12H15ClO3. The molecule has 0 heterocycles. The molecule has 88 valence electrons. The maximum Gasteiger partial charge on any atom is 0.340 e. The van der Waals surface area contributed by atoms with E-state index >= 15 is 0 Å². The van der Waals surface area contributed by atoms with Crippen molar-refractivity contribution in [3.63, 3.8) is 0 Å². The van der Waals surface area contributed by atoms with Gasteiger partial charge in [0, 0.05) is 5.02 Å². The van der Waals surface area contributed by atoms with E-state index in [2.05, 4.69) is 0 Å². The first kappa shape index (κ1) is 13.0. The first-order chi connectivity index (χ1) is 7.30. The largest absolute Gasteiger partial charge is 0.425 e. The highest BCUT2D eigenvalue weighted by molar-refractivity contribution is 6.30. The molecule has 0 amide bonds. The van der Waals surface area contributed by atoms with Crippen molar-refractivity contribution in [2.75, 3.05) is 0 Å². The Bertz CT molecular complexity index is 365. The maximum atomic E-state index is 11.5. The molecule has 0 aromatic heterocycles. The number of aliphatic hydroxyl groups excluding tert-OH is 1. The topological polar surface area (TPSA) is 46.5 Å². The summed E-state index contributed by atoms with van der Waals surface area (Å²) in [5.74, 6) is -0.285. The van der Waals surface area contributed by atoms with Crippen LogP contribution in [0.2, 0.25) is 5.02 Å². The molecule has 4 heteroatoms. The fourth-order valence-electron chi connectivity index (χ4n) is 1.03. The fraction of sp³-hybridized carbons (Fsp3) is 0.417. The lowest BCUT2D eigenvalue weighted by Crippen LogP contribution is -2.37. The minimum absolute atomic E-state index is 0.373. The SMILES string of the molecule is CC(C)(C)C(O)C(=O)Oc1ccc(Cl)cc1. The average molecular weight is 243 g/mol. The minimum atomic E-state index is -1.15. The van der Waals surface area contributed by atoms with Crippen LogP contribution in [-0.4, -0.2) is 17.2 Å². The van der Waals surface area contributed by atoms with Crippen LogP contribution in [0.4, 0.5) is 0 Å². The molecule has 1 aromatic carbocycles. The number of esters is 1. The molecular weight excluding hydrogens is 228 g/mol. The third-order valence-electron chi connectivity index (χ3n) is 2.08. The number of carbonyl (C=O) groups is 1. The van der Waals surface area contributed by atoms with Gasteiger partial charge in [0.1, 0.15) is 5.75 Å². The second kappa shape index (κ2) is 4.85. The number of aliphatic hydroxyl groups is 1. The van der Waals surface area contributed by atoms with Crippen LogP contribution < -0.4 is 4.74 Å². The molecule has 0 aliphatic heterocycles. The van der Waals surface area contributed by atoms with Crippen molar-refractivity contribution in [3.05, 3.63) is 29.3 Å². The summed E-state index contributed by atoms with van der Waals surface area (Å²) in [5.41, 5.74) is -0.538. The van der Waals surface area contributed by atoms with Crippen molar-refractivity contribution in [2.24, 2.45) is 5.41 Å². The molecule has 1 aromatic rings. The first-order valence-electron chi connectivity index (χ1n) is 4.96. The summed E-state index contributed by atoms with van der Waals surface area (Å²) in [6, 6.07) is 6.40. The normalized spacial score (nSPS) is 13.3. The zero-order valence-electron chi connectivity index (χ0n) is 9.53. The number of hydrogen-bond acceptors (Lipinski definition) is 3. The molecule has 0 aliphatic carbocycles. The summed E-state index contributed by atoms with van der Waals surface area (Å²) in [4.78, 5) is 11.5. The number of halogens is 1. The zero-order chi connectivity index (χ0) is 12.3. The van der Waals surface area contributed by atoms with Gasteiger partial charge in [0.05, 0.1) is 0 Å². The second-order valence-corrected chi connectivity index (χ2v) is 5.08. The lowest BCUT2D eigenvalue weighted by Gasteiger charge is -2.23. The Morgan fingerprint density at radius 2 is 1.81 bits per heavy atom. The highest BCUT2D eigenvalue weighted by Crippen LogP contribution is 2.22. The van der Waals surface area contributed by atoms with Crippen molar-refractivity contribution < 1.29 is 14.6 Å². The van der Waals surface area contributed by atoms with Crippen molar-refractivity contribution in [1.82, 2.24) is 0 Å². The second-order valence-electron chi connectivity index (χ2n) is 4.64. The van der Waals surface area contributed by atoms with Crippen LogP contribution in [0, 0.1) is 5.41 Å². The standard InChI is InChI=1S/C12H15ClO3/c1-12(2,3)10(14)11(15)16-9-6-4-8(13)5-7-9/h4-7,10,14H,1-3H3. The number of rotatable bonds is 2. The fourth-order valence-corrected chi connectivity index (χ4v) is 1.15. The van der Waals surface area contributed by atoms with Gasteiger partial charge in [0.2, 0.25) is 0 Å². The molecule has 3 nitrogen and oxygen atoms in total. The summed E-state index contributed by atoms with van der Waals surface area (Å²) in [6.45, 7) is 5.29. The summed E-state index contributed by atoms with van der Waals surface area (Å²) >= 11 is 5.69. The van der Waals surface area contributed by atoms with Gasteiger partial charge in [-0.15, -0.1) is 0 Å². The van der Waals surface area contributed by atoms with E-state index in [1.807, 2.05) is 0 Å². The van der Waals surface area contributed by atoms with Gasteiger partial charge in [-0.05, 0) is 29.7 Å². The van der Waals surface area contributed by atoms with Crippen LogP contribution >= 0.6 is 11.6 Å². The van der Waals surface area contributed by atoms with Crippen LogP contribution in [0.3, 0.4) is 0 Å². The molecule has 1 rings (SSSR count). The van der Waals surface area contributed by atoms with E-state index in [9.17, 15) is 9.90 Å². The van der Waals surface area contributed by atoms with Gasteiger partial charge in [-0.25, -0.2) is 4.79 Å². The summed E-state index contributed by atoms with van der Waals surface area (Å²) in [5, 5.41) is 10.2. The smallest absolute Gasteiger partial charge is 0.340 e. The van der Waals surface area contributed by atoms with E-state index in [1.165, 1.54) is 0 Å². The molecule has 1 atom stereocenters. The van der Waals surface area contributed by atoms with E-state index in [4.69, 9.17) is 16.3 Å². The molecule has 0 spiro atoms. The van der Waals surface area contributed by atoms with Crippen molar-refractivity contribution in [1.29, 1.82) is 0 Å². The third kappa shape index (κ3) is 3.51. The number of benzene rings is 1. The number of carbonyl (C=O) groups excluding carboxylic acids is 1. The molecule has 0 aliphatic rings. The summed E-state index contributed by atoms with van der Waals surface area (Å²) in [7, 11) is 0. The molecule has 0 radical (unpaired) electrons. The average Bonchev–Trinajstić information content (AvgIpc) is 2.19. The quantitative estimate of drug-likeness (QED) is 0.641. The van der Waals surface area contributed by atoms with E-state index in [1.54, 1.807) is 45.0 Å². The van der Waals surface area contributed by atoms with Gasteiger partial charge in [-0.2, -0.15) is 0 Å². The predicted molar refractivity (Wildman–Crippen MR) is 62.5 cm³/mol. The molecule has 0 saturated carbocycles. The van der Waals surface area contributed by atoms with Crippen molar-refractivity contribution in [3.8, 4) is 5.75 Å². The predicted octanol–water partition coefficient (Wildman–Crippen LogP) is 2.65. The van der Waals surface area contributed by atoms with Crippen molar-refractivity contribution >= 4 is 17.6 Å². The monoisotopic (exact) mass is 242 g/mol. The lowest BCUT2D eigenvalue weighted by molar-refractivity contribution is -0.149. The van der Waals surface area contributed by atoms with E-state index in [0.717, 1.165) is 0 Å². The van der Waals surface area contributed by atoms with E-state index < -0.39 is 17.5 Å². The highest BCUT2D eigenvalue weighted by Gasteiger charge is 2.30. The van der Waals surface area contributed by atoms with Crippen LogP contribution in [0.1, 0.15) is 20.8 Å². The Labute approximate surface area is 100.0 Å². The van der Waals surface area contributed by atoms with Crippen molar-refractivity contribution in [2.45, 2.75) is 26.9 Å². The summed E-state index contributed by atoms with van der Waals surface area (Å²) in [6.07, 6.45) is -1.15. The molecule has 0 saturated heterocycles. The van der Waals surface area contributed by atoms with Gasteiger partial charge in [0.15, 0.2) is 6.10 Å². The Hall–Kier alpha value is -1.06. The third-order valence-corrected chi connectivity index (χ3v) is 2.33. The van der Waals surface area contributed by atoms with Gasteiger partial charge >= 0.3 is 5.97 Å². The first-order valence-corrected chi connectivity index (χ1v) is 5.34. The number of ether oxygens (including phenoxy) is 1. The van der Waals surface area contributed by atoms with Crippen LogP contribution in [0.25, 0.3) is 0 Å². The lowest BCUT2D eigenvalue weighted by atomic mass is 9.89. The van der Waals surface area contributed by atoms with Gasteiger partial charge in [-0.1, -0.05) is 32.4 Å². The van der Waals surface area contributed by atoms with E-state index in [0.29, 0.717) is 10.8 Å². The Morgan fingerprint density at radius 1 is 1.31 bits per heavy atom. The molecule has 0 fully saturated rings. The maximum absolute atomic E-state index is 11.5. The van der Waals surface area contributed by atoms with E-state index in [-0.39, 0.29) is 0 Å². The Balaban J connectivity index is 2.68. The van der Waals surface area contributed by atoms with Crippen LogP contribution in [0.5, 0.6) is 5.75 Å². The zero-order valence-corrected chi connectivity index (χ0v) is 10.3. The van der Waals surface area contributed by atoms with Crippen LogP contribution in [-0.2, 0) is 4.79 Å². The van der Waals surface area contributed by atoms with Gasteiger partial charge in [0.25, 0.3) is 0 Å². The van der Waals surface area contributed by atoms with Gasteiger partial charge in [-0.3, -0.25) is 0 Å². The molecule has 1 N–H and O–H groups in total. The Morgan fingerprint density at radius 3 is 2.25 bits per heavy atom. The Kier molecular flexibility index (Phi) is 3.94. The molecule has 1 unspecified atom stereocenters. The molecule has 0 bridgehead atoms. The number of hydrogen-bond donors (Lipinski definition) is 1. The molecule has 16 heavy (non-hydrogen) atoms. The van der Waals surface area contributed by atoms with Crippen LogP contribution in [0.15, 0.2) is 24.3 Å². The highest BCUT2D eigenvalue weighted by atomic mass is 35.5.